The smallest absolute Gasteiger partial charge is 0.128 e. The highest BCUT2D eigenvalue weighted by atomic mass is 15.1. The van der Waals surface area contributed by atoms with Crippen molar-refractivity contribution in [2.24, 2.45) is 4.99 Å². The van der Waals surface area contributed by atoms with E-state index >= 15 is 0 Å². The van der Waals surface area contributed by atoms with E-state index in [9.17, 15) is 0 Å². The first-order chi connectivity index (χ1) is 9.29. The van der Waals surface area contributed by atoms with Crippen molar-refractivity contribution in [3.8, 4) is 0 Å². The van der Waals surface area contributed by atoms with Gasteiger partial charge in [0.15, 0.2) is 0 Å². The summed E-state index contributed by atoms with van der Waals surface area (Å²) in [7, 11) is 1.80. The highest BCUT2D eigenvalue weighted by Gasteiger charge is 2.26. The lowest BCUT2D eigenvalue weighted by molar-refractivity contribution is 0.800. The minimum Gasteiger partial charge on any atom is -0.378 e. The van der Waals surface area contributed by atoms with Crippen LogP contribution in [0, 0.1) is 6.92 Å². The van der Waals surface area contributed by atoms with Crippen LogP contribution in [0.4, 0.5) is 0 Å². The molecule has 0 aliphatic carbocycles. The predicted octanol–water partition coefficient (Wildman–Crippen LogP) is 1.77. The monoisotopic (exact) mass is 252 g/mol. The lowest BCUT2D eigenvalue weighted by Gasteiger charge is -2.30. The average molecular weight is 252 g/mol. The van der Waals surface area contributed by atoms with Crippen molar-refractivity contribution in [2.45, 2.75) is 13.0 Å². The van der Waals surface area contributed by atoms with Crippen LogP contribution in [-0.4, -0.2) is 23.9 Å². The van der Waals surface area contributed by atoms with E-state index in [1.165, 1.54) is 5.57 Å². The standard InChI is InChI=1S/C15H16N4/c1-10-5-3-7-17-13(10)12-9-11-6-4-8-18-14(11)15(16-2)19-12/h3-9,14,18H,1-2H3,(H,16,19). The summed E-state index contributed by atoms with van der Waals surface area (Å²) in [5.41, 5.74) is 4.31. The summed E-state index contributed by atoms with van der Waals surface area (Å²) in [5, 5.41) is 6.67. The number of fused-ring (bicyclic) bond motifs is 1. The van der Waals surface area contributed by atoms with Gasteiger partial charge in [-0.3, -0.25) is 9.98 Å². The van der Waals surface area contributed by atoms with Gasteiger partial charge in [0.25, 0.3) is 0 Å². The number of nitrogens with zero attached hydrogens (tertiary/aromatic N) is 2. The van der Waals surface area contributed by atoms with E-state index in [0.29, 0.717) is 0 Å². The predicted molar refractivity (Wildman–Crippen MR) is 77.6 cm³/mol. The molecule has 1 aromatic heterocycles. The van der Waals surface area contributed by atoms with E-state index in [0.717, 1.165) is 22.8 Å². The van der Waals surface area contributed by atoms with Crippen LogP contribution < -0.4 is 10.6 Å². The number of aromatic nitrogens is 1. The molecule has 1 unspecified atom stereocenters. The molecule has 1 atom stereocenters. The van der Waals surface area contributed by atoms with E-state index < -0.39 is 0 Å². The van der Waals surface area contributed by atoms with Crippen molar-refractivity contribution in [3.63, 3.8) is 0 Å². The van der Waals surface area contributed by atoms with Gasteiger partial charge in [-0.15, -0.1) is 0 Å². The highest BCUT2D eigenvalue weighted by molar-refractivity contribution is 6.00. The van der Waals surface area contributed by atoms with E-state index in [1.54, 1.807) is 7.05 Å². The van der Waals surface area contributed by atoms with Crippen LogP contribution in [-0.2, 0) is 0 Å². The van der Waals surface area contributed by atoms with Crippen LogP contribution in [0.25, 0.3) is 5.70 Å². The van der Waals surface area contributed by atoms with Crippen LogP contribution >= 0.6 is 0 Å². The summed E-state index contributed by atoms with van der Waals surface area (Å²) < 4.78 is 0. The van der Waals surface area contributed by atoms with Gasteiger partial charge >= 0.3 is 0 Å². The molecule has 0 fully saturated rings. The fraction of sp³-hybridized carbons (Fsp3) is 0.200. The molecule has 3 heterocycles. The minimum absolute atomic E-state index is 0.114. The molecule has 2 aliphatic heterocycles. The molecule has 0 bridgehead atoms. The third kappa shape index (κ3) is 2.05. The molecule has 0 aromatic carbocycles. The van der Waals surface area contributed by atoms with Crippen molar-refractivity contribution in [1.82, 2.24) is 15.6 Å². The fourth-order valence-electron chi connectivity index (χ4n) is 2.36. The lowest BCUT2D eigenvalue weighted by Crippen LogP contribution is -2.46. The number of nitrogens with one attached hydrogen (secondary N) is 2. The zero-order chi connectivity index (χ0) is 13.2. The van der Waals surface area contributed by atoms with Gasteiger partial charge in [0.1, 0.15) is 11.9 Å². The number of hydrogen-bond acceptors (Lipinski definition) is 3. The Hall–Kier alpha value is -2.36. The topological polar surface area (TPSA) is 49.3 Å². The van der Waals surface area contributed by atoms with Gasteiger partial charge in [0, 0.05) is 13.2 Å². The molecule has 0 saturated heterocycles. The Kier molecular flexibility index (Phi) is 2.91. The van der Waals surface area contributed by atoms with Crippen molar-refractivity contribution >= 4 is 11.5 Å². The highest BCUT2D eigenvalue weighted by Crippen LogP contribution is 2.23. The summed E-state index contributed by atoms with van der Waals surface area (Å²) in [6, 6.07) is 4.12. The third-order valence-electron chi connectivity index (χ3n) is 3.33. The van der Waals surface area contributed by atoms with Crippen LogP contribution in [0.15, 0.2) is 53.3 Å². The Balaban J connectivity index is 2.08. The molecule has 2 aliphatic rings. The van der Waals surface area contributed by atoms with Gasteiger partial charge in [0.05, 0.1) is 11.4 Å². The van der Waals surface area contributed by atoms with Gasteiger partial charge in [-0.25, -0.2) is 0 Å². The van der Waals surface area contributed by atoms with Crippen LogP contribution in [0.2, 0.25) is 0 Å². The summed E-state index contributed by atoms with van der Waals surface area (Å²) in [5.74, 6) is 0.915. The minimum atomic E-state index is 0.114. The second kappa shape index (κ2) is 4.72. The van der Waals surface area contributed by atoms with Crippen molar-refractivity contribution in [3.05, 3.63) is 59.6 Å². The Morgan fingerprint density at radius 3 is 3.05 bits per heavy atom. The molecule has 0 spiro atoms. The van der Waals surface area contributed by atoms with Gasteiger partial charge in [-0.05, 0) is 42.5 Å². The van der Waals surface area contributed by atoms with E-state index in [1.807, 2.05) is 24.5 Å². The van der Waals surface area contributed by atoms with Crippen LogP contribution in [0.3, 0.4) is 0 Å². The zero-order valence-electron chi connectivity index (χ0n) is 11.0. The number of allylic oxidation sites excluding steroid dienone is 2. The number of aliphatic imine (C=N–C) groups is 1. The van der Waals surface area contributed by atoms with Crippen molar-refractivity contribution in [1.29, 1.82) is 0 Å². The summed E-state index contributed by atoms with van der Waals surface area (Å²) in [6.45, 7) is 2.06. The van der Waals surface area contributed by atoms with Gasteiger partial charge in [-0.2, -0.15) is 0 Å². The Morgan fingerprint density at radius 2 is 2.26 bits per heavy atom. The SMILES string of the molecule is CN=C1NC(c2ncccc2C)=CC2=CC=CNC21. The number of hydrogen-bond donors (Lipinski definition) is 2. The van der Waals surface area contributed by atoms with Gasteiger partial charge in [0.2, 0.25) is 0 Å². The van der Waals surface area contributed by atoms with Crippen LogP contribution in [0.1, 0.15) is 11.3 Å². The maximum atomic E-state index is 4.46. The number of rotatable bonds is 1. The summed E-state index contributed by atoms with van der Waals surface area (Å²) in [6.07, 6.45) is 9.99. The zero-order valence-corrected chi connectivity index (χ0v) is 11.0. The Labute approximate surface area is 112 Å². The second-order valence-electron chi connectivity index (χ2n) is 4.59. The van der Waals surface area contributed by atoms with Gasteiger partial charge in [-0.1, -0.05) is 12.1 Å². The summed E-state index contributed by atoms with van der Waals surface area (Å²) >= 11 is 0. The maximum absolute atomic E-state index is 4.46. The normalized spacial score (nSPS) is 23.1. The number of pyridine rings is 1. The first-order valence-electron chi connectivity index (χ1n) is 6.30. The maximum Gasteiger partial charge on any atom is 0.128 e. The van der Waals surface area contributed by atoms with Crippen molar-refractivity contribution < 1.29 is 0 Å². The lowest BCUT2D eigenvalue weighted by atomic mass is 9.96. The quantitative estimate of drug-likeness (QED) is 0.801. The largest absolute Gasteiger partial charge is 0.378 e. The average Bonchev–Trinajstić information content (AvgIpc) is 2.46. The molecule has 4 nitrogen and oxygen atoms in total. The molecular formula is C15H16N4. The molecule has 1 aromatic rings. The second-order valence-corrected chi connectivity index (χ2v) is 4.59. The Morgan fingerprint density at radius 1 is 1.37 bits per heavy atom. The van der Waals surface area contributed by atoms with E-state index in [4.69, 9.17) is 0 Å². The Bertz CT molecular complexity index is 623. The third-order valence-corrected chi connectivity index (χ3v) is 3.33. The van der Waals surface area contributed by atoms with Gasteiger partial charge < -0.3 is 10.6 Å². The molecule has 0 amide bonds. The van der Waals surface area contributed by atoms with E-state index in [-0.39, 0.29) is 6.04 Å². The van der Waals surface area contributed by atoms with E-state index in [2.05, 4.69) is 45.8 Å². The number of amidine groups is 1. The molecule has 0 radical (unpaired) electrons. The fourth-order valence-corrected chi connectivity index (χ4v) is 2.36. The number of aryl methyl sites for hydroxylation is 1. The molecule has 96 valence electrons. The van der Waals surface area contributed by atoms with Crippen molar-refractivity contribution in [2.75, 3.05) is 7.05 Å². The summed E-state index contributed by atoms with van der Waals surface area (Å²) in [4.78, 5) is 8.79. The number of dihydropyridines is 1. The molecular weight excluding hydrogens is 236 g/mol. The molecule has 0 saturated carbocycles. The molecule has 2 N–H and O–H groups in total. The molecule has 3 rings (SSSR count). The van der Waals surface area contributed by atoms with Crippen LogP contribution in [0.5, 0.6) is 0 Å². The molecule has 19 heavy (non-hydrogen) atoms. The first kappa shape index (κ1) is 11.7. The molecule has 4 heteroatoms. The first-order valence-corrected chi connectivity index (χ1v) is 6.30.